The van der Waals surface area contributed by atoms with Crippen LogP contribution in [0.4, 0.5) is 17.2 Å². The summed E-state index contributed by atoms with van der Waals surface area (Å²) in [6.07, 6.45) is 0. The summed E-state index contributed by atoms with van der Waals surface area (Å²) in [6.45, 7) is 1.87. The standard InChI is InChI=1S/C11H12BrClN4/c1-6-10(14)11(17(2)16-6)15-8-5-3-4-7(13)9(8)12/h3-5,15H,14H2,1-2H3. The molecule has 90 valence electrons. The molecule has 0 bridgehead atoms. The maximum absolute atomic E-state index is 6.02. The number of nitrogens with zero attached hydrogens (tertiary/aromatic N) is 2. The first-order chi connectivity index (χ1) is 8.00. The van der Waals surface area contributed by atoms with E-state index in [9.17, 15) is 0 Å². The van der Waals surface area contributed by atoms with Crippen LogP contribution in [0.25, 0.3) is 0 Å². The van der Waals surface area contributed by atoms with Crippen molar-refractivity contribution in [2.24, 2.45) is 7.05 Å². The lowest BCUT2D eigenvalue weighted by Crippen LogP contribution is -2.01. The van der Waals surface area contributed by atoms with Crippen LogP contribution in [0, 0.1) is 6.92 Å². The molecule has 0 atom stereocenters. The summed E-state index contributed by atoms with van der Waals surface area (Å²) < 4.78 is 2.51. The molecule has 0 saturated heterocycles. The fraction of sp³-hybridized carbons (Fsp3) is 0.182. The van der Waals surface area contributed by atoms with Crippen LogP contribution in [0.2, 0.25) is 5.02 Å². The first-order valence-corrected chi connectivity index (χ1v) is 6.18. The number of aryl methyl sites for hydroxylation is 2. The highest BCUT2D eigenvalue weighted by atomic mass is 79.9. The maximum Gasteiger partial charge on any atom is 0.152 e. The summed E-state index contributed by atoms with van der Waals surface area (Å²) in [5, 5.41) is 8.10. The Morgan fingerprint density at radius 3 is 2.76 bits per heavy atom. The van der Waals surface area contributed by atoms with E-state index in [0.717, 1.165) is 21.7 Å². The van der Waals surface area contributed by atoms with Gasteiger partial charge in [0.1, 0.15) is 0 Å². The Labute approximate surface area is 113 Å². The highest BCUT2D eigenvalue weighted by Gasteiger charge is 2.12. The number of hydrogen-bond acceptors (Lipinski definition) is 3. The molecule has 0 fully saturated rings. The monoisotopic (exact) mass is 314 g/mol. The predicted molar refractivity (Wildman–Crippen MR) is 74.8 cm³/mol. The van der Waals surface area contributed by atoms with Crippen molar-refractivity contribution in [3.63, 3.8) is 0 Å². The van der Waals surface area contributed by atoms with E-state index in [1.54, 1.807) is 4.68 Å². The zero-order chi connectivity index (χ0) is 12.6. The number of nitrogens with two attached hydrogens (primary N) is 1. The molecule has 0 aliphatic carbocycles. The van der Waals surface area contributed by atoms with Crippen molar-refractivity contribution in [2.75, 3.05) is 11.1 Å². The molecule has 0 aliphatic rings. The summed E-state index contributed by atoms with van der Waals surface area (Å²) in [5.74, 6) is 0.755. The summed E-state index contributed by atoms with van der Waals surface area (Å²) in [7, 11) is 1.84. The quantitative estimate of drug-likeness (QED) is 0.892. The van der Waals surface area contributed by atoms with Crippen LogP contribution >= 0.6 is 27.5 Å². The van der Waals surface area contributed by atoms with Crippen molar-refractivity contribution in [3.8, 4) is 0 Å². The molecule has 0 spiro atoms. The van der Waals surface area contributed by atoms with Crippen LogP contribution in [0.3, 0.4) is 0 Å². The van der Waals surface area contributed by atoms with Gasteiger partial charge in [-0.2, -0.15) is 5.10 Å². The van der Waals surface area contributed by atoms with Crippen molar-refractivity contribution in [1.82, 2.24) is 9.78 Å². The molecule has 0 radical (unpaired) electrons. The van der Waals surface area contributed by atoms with Gasteiger partial charge < -0.3 is 11.1 Å². The van der Waals surface area contributed by atoms with Crippen LogP contribution in [0.5, 0.6) is 0 Å². The van der Waals surface area contributed by atoms with E-state index in [0.29, 0.717) is 10.7 Å². The average molecular weight is 316 g/mol. The molecule has 17 heavy (non-hydrogen) atoms. The third-order valence-corrected chi connectivity index (χ3v) is 3.87. The normalized spacial score (nSPS) is 10.6. The smallest absolute Gasteiger partial charge is 0.152 e. The van der Waals surface area contributed by atoms with Crippen LogP contribution in [-0.2, 0) is 7.05 Å². The Hall–Kier alpha value is -1.20. The number of rotatable bonds is 2. The van der Waals surface area contributed by atoms with Gasteiger partial charge in [0.2, 0.25) is 0 Å². The Bertz CT molecular complexity index is 565. The van der Waals surface area contributed by atoms with E-state index in [-0.39, 0.29) is 0 Å². The lowest BCUT2D eigenvalue weighted by Gasteiger charge is -2.10. The van der Waals surface area contributed by atoms with Crippen LogP contribution in [0.1, 0.15) is 5.69 Å². The third-order valence-electron chi connectivity index (χ3n) is 2.47. The molecule has 4 nitrogen and oxygen atoms in total. The topological polar surface area (TPSA) is 55.9 Å². The SMILES string of the molecule is Cc1nn(C)c(Nc2cccc(Cl)c2Br)c1N. The van der Waals surface area contributed by atoms with Crippen molar-refractivity contribution in [3.05, 3.63) is 33.4 Å². The average Bonchev–Trinajstić information content (AvgIpc) is 2.51. The van der Waals surface area contributed by atoms with Crippen LogP contribution in [0.15, 0.2) is 22.7 Å². The molecular formula is C11H12BrClN4. The third kappa shape index (κ3) is 2.25. The maximum atomic E-state index is 6.02. The highest BCUT2D eigenvalue weighted by molar-refractivity contribution is 9.10. The Morgan fingerprint density at radius 2 is 2.18 bits per heavy atom. The van der Waals surface area contributed by atoms with Crippen molar-refractivity contribution >= 4 is 44.7 Å². The second kappa shape index (κ2) is 4.58. The molecule has 0 unspecified atom stereocenters. The van der Waals surface area contributed by atoms with Gasteiger partial charge in [0, 0.05) is 7.05 Å². The van der Waals surface area contributed by atoms with E-state index in [1.165, 1.54) is 0 Å². The summed E-state index contributed by atoms with van der Waals surface area (Å²) in [4.78, 5) is 0. The molecule has 0 amide bonds. The summed E-state index contributed by atoms with van der Waals surface area (Å²) >= 11 is 9.45. The molecule has 0 saturated carbocycles. The number of halogens is 2. The molecule has 3 N–H and O–H groups in total. The fourth-order valence-electron chi connectivity index (χ4n) is 1.55. The van der Waals surface area contributed by atoms with E-state index in [1.807, 2.05) is 32.2 Å². The van der Waals surface area contributed by atoms with Crippen molar-refractivity contribution in [2.45, 2.75) is 6.92 Å². The van der Waals surface area contributed by atoms with Gasteiger partial charge >= 0.3 is 0 Å². The minimum absolute atomic E-state index is 0.638. The zero-order valence-electron chi connectivity index (χ0n) is 9.46. The van der Waals surface area contributed by atoms with Crippen molar-refractivity contribution < 1.29 is 0 Å². The second-order valence-electron chi connectivity index (χ2n) is 3.70. The first kappa shape index (κ1) is 12.3. The van der Waals surface area contributed by atoms with E-state index in [4.69, 9.17) is 17.3 Å². The number of anilines is 3. The molecule has 1 aromatic heterocycles. The van der Waals surface area contributed by atoms with Gasteiger partial charge in [-0.15, -0.1) is 0 Å². The molecule has 1 aromatic carbocycles. The minimum Gasteiger partial charge on any atom is -0.394 e. The van der Waals surface area contributed by atoms with Gasteiger partial charge in [-0.1, -0.05) is 17.7 Å². The van der Waals surface area contributed by atoms with Gasteiger partial charge in [-0.3, -0.25) is 4.68 Å². The van der Waals surface area contributed by atoms with Gasteiger partial charge in [0.05, 0.1) is 26.6 Å². The minimum atomic E-state index is 0.638. The molecule has 6 heteroatoms. The Balaban J connectivity index is 2.41. The van der Waals surface area contributed by atoms with Gasteiger partial charge in [0.25, 0.3) is 0 Å². The van der Waals surface area contributed by atoms with Gasteiger partial charge in [-0.25, -0.2) is 0 Å². The van der Waals surface area contributed by atoms with Gasteiger partial charge in [0.15, 0.2) is 5.82 Å². The Morgan fingerprint density at radius 1 is 1.47 bits per heavy atom. The molecular weight excluding hydrogens is 304 g/mol. The Kier molecular flexibility index (Phi) is 3.31. The zero-order valence-corrected chi connectivity index (χ0v) is 11.8. The fourth-order valence-corrected chi connectivity index (χ4v) is 2.09. The number of nitrogen functional groups attached to an aromatic ring is 1. The van der Waals surface area contributed by atoms with Crippen LogP contribution < -0.4 is 11.1 Å². The van der Waals surface area contributed by atoms with E-state index < -0.39 is 0 Å². The number of benzene rings is 1. The largest absolute Gasteiger partial charge is 0.394 e. The molecule has 2 rings (SSSR count). The summed E-state index contributed by atoms with van der Waals surface area (Å²) in [5.41, 5.74) is 8.24. The van der Waals surface area contributed by atoms with E-state index in [2.05, 4.69) is 26.3 Å². The lowest BCUT2D eigenvalue weighted by atomic mass is 10.3. The van der Waals surface area contributed by atoms with Crippen molar-refractivity contribution in [1.29, 1.82) is 0 Å². The van der Waals surface area contributed by atoms with Crippen LogP contribution in [-0.4, -0.2) is 9.78 Å². The lowest BCUT2D eigenvalue weighted by molar-refractivity contribution is 0.765. The van der Waals surface area contributed by atoms with Gasteiger partial charge in [-0.05, 0) is 35.0 Å². The predicted octanol–water partition coefficient (Wildman–Crippen LogP) is 3.47. The molecule has 2 aromatic rings. The number of aromatic nitrogens is 2. The molecule has 1 heterocycles. The number of hydrogen-bond donors (Lipinski definition) is 2. The highest BCUT2D eigenvalue weighted by Crippen LogP contribution is 2.33. The van der Waals surface area contributed by atoms with E-state index >= 15 is 0 Å². The second-order valence-corrected chi connectivity index (χ2v) is 4.90. The summed E-state index contributed by atoms with van der Waals surface area (Å²) in [6, 6.07) is 5.60. The number of nitrogens with one attached hydrogen (secondary N) is 1. The first-order valence-electron chi connectivity index (χ1n) is 5.01. The molecule has 0 aliphatic heterocycles.